The minimum atomic E-state index is 0.570. The number of nitrogen functional groups attached to an aromatic ring is 1. The van der Waals surface area contributed by atoms with E-state index in [0.29, 0.717) is 10.7 Å². The van der Waals surface area contributed by atoms with Gasteiger partial charge in [0, 0.05) is 0 Å². The number of rotatable bonds is 2. The molecule has 0 amide bonds. The molecule has 16 heavy (non-hydrogen) atoms. The van der Waals surface area contributed by atoms with E-state index in [4.69, 9.17) is 22.1 Å². The van der Waals surface area contributed by atoms with Gasteiger partial charge >= 0.3 is 0 Å². The minimum absolute atomic E-state index is 0.570. The van der Waals surface area contributed by atoms with Crippen LogP contribution in [0.15, 0.2) is 42.5 Å². The molecule has 0 spiro atoms. The van der Waals surface area contributed by atoms with Crippen LogP contribution in [0.4, 0.5) is 5.69 Å². The first-order chi connectivity index (χ1) is 7.70. The average molecular weight is 234 g/mol. The predicted octanol–water partition coefficient (Wildman–Crippen LogP) is 3.60. The Morgan fingerprint density at radius 3 is 2.50 bits per heavy atom. The van der Waals surface area contributed by atoms with Gasteiger partial charge in [0.2, 0.25) is 0 Å². The van der Waals surface area contributed by atoms with E-state index in [0.717, 1.165) is 16.9 Å². The summed E-state index contributed by atoms with van der Waals surface area (Å²) in [4.78, 5) is 0. The van der Waals surface area contributed by atoms with Crippen LogP contribution in [-0.4, -0.2) is 7.11 Å². The van der Waals surface area contributed by atoms with Gasteiger partial charge in [0.25, 0.3) is 0 Å². The molecule has 0 aliphatic carbocycles. The van der Waals surface area contributed by atoms with Crippen molar-refractivity contribution in [3.05, 3.63) is 47.5 Å². The lowest BCUT2D eigenvalue weighted by molar-refractivity contribution is 0.415. The Balaban J connectivity index is 2.46. The number of benzene rings is 2. The van der Waals surface area contributed by atoms with Crippen molar-refractivity contribution in [2.45, 2.75) is 0 Å². The van der Waals surface area contributed by atoms with E-state index in [1.807, 2.05) is 36.4 Å². The first kappa shape index (κ1) is 10.8. The van der Waals surface area contributed by atoms with E-state index in [9.17, 15) is 0 Å². The zero-order valence-corrected chi connectivity index (χ0v) is 9.66. The maximum absolute atomic E-state index is 5.98. The van der Waals surface area contributed by atoms with Gasteiger partial charge < -0.3 is 10.5 Å². The Morgan fingerprint density at radius 1 is 1.06 bits per heavy atom. The van der Waals surface area contributed by atoms with E-state index in [1.54, 1.807) is 13.2 Å². The molecule has 0 aliphatic rings. The summed E-state index contributed by atoms with van der Waals surface area (Å²) in [5, 5.41) is 0.570. The highest BCUT2D eigenvalue weighted by Gasteiger charge is 2.02. The van der Waals surface area contributed by atoms with Crippen molar-refractivity contribution in [3.63, 3.8) is 0 Å². The third-order valence-corrected chi connectivity index (χ3v) is 2.73. The van der Waals surface area contributed by atoms with Gasteiger partial charge in [0.1, 0.15) is 5.75 Å². The Hall–Kier alpha value is -1.67. The second-order valence-corrected chi connectivity index (χ2v) is 3.88. The average Bonchev–Trinajstić information content (AvgIpc) is 2.33. The molecule has 82 valence electrons. The van der Waals surface area contributed by atoms with Crippen LogP contribution in [0.3, 0.4) is 0 Å². The Kier molecular flexibility index (Phi) is 3.02. The molecular formula is C13H12ClNO. The second kappa shape index (κ2) is 4.45. The molecule has 0 aliphatic heterocycles. The van der Waals surface area contributed by atoms with Gasteiger partial charge in [-0.15, -0.1) is 0 Å². The lowest BCUT2D eigenvalue weighted by atomic mass is 10.1. The standard InChI is InChI=1S/C13H12ClNO/c1-16-11-4-2-3-9(7-11)10-5-6-13(15)12(14)8-10/h2-8H,15H2,1H3. The topological polar surface area (TPSA) is 35.2 Å². The van der Waals surface area contributed by atoms with Crippen molar-refractivity contribution < 1.29 is 4.74 Å². The number of nitrogens with two attached hydrogens (primary N) is 1. The van der Waals surface area contributed by atoms with Gasteiger partial charge in [0.15, 0.2) is 0 Å². The number of halogens is 1. The minimum Gasteiger partial charge on any atom is -0.497 e. The lowest BCUT2D eigenvalue weighted by Gasteiger charge is -2.06. The van der Waals surface area contributed by atoms with Crippen molar-refractivity contribution in [1.82, 2.24) is 0 Å². The summed E-state index contributed by atoms with van der Waals surface area (Å²) in [5.74, 6) is 0.824. The third kappa shape index (κ3) is 2.12. The van der Waals surface area contributed by atoms with E-state index in [2.05, 4.69) is 0 Å². The quantitative estimate of drug-likeness (QED) is 0.805. The van der Waals surface area contributed by atoms with Crippen molar-refractivity contribution in [2.75, 3.05) is 12.8 Å². The van der Waals surface area contributed by atoms with Gasteiger partial charge in [-0.1, -0.05) is 29.8 Å². The van der Waals surface area contributed by atoms with Crippen LogP contribution in [0.5, 0.6) is 5.75 Å². The Labute approximate surface area is 99.6 Å². The predicted molar refractivity (Wildman–Crippen MR) is 67.9 cm³/mol. The summed E-state index contributed by atoms with van der Waals surface area (Å²) < 4.78 is 5.17. The third-order valence-electron chi connectivity index (χ3n) is 2.40. The molecule has 2 aromatic rings. The first-order valence-electron chi connectivity index (χ1n) is 4.90. The van der Waals surface area contributed by atoms with E-state index < -0.39 is 0 Å². The lowest BCUT2D eigenvalue weighted by Crippen LogP contribution is -1.87. The monoisotopic (exact) mass is 233 g/mol. The van der Waals surface area contributed by atoms with E-state index in [1.165, 1.54) is 0 Å². The Bertz CT molecular complexity index is 511. The molecule has 2 nitrogen and oxygen atoms in total. The first-order valence-corrected chi connectivity index (χ1v) is 5.28. The molecule has 0 heterocycles. The smallest absolute Gasteiger partial charge is 0.119 e. The zero-order chi connectivity index (χ0) is 11.5. The van der Waals surface area contributed by atoms with E-state index in [-0.39, 0.29) is 0 Å². The van der Waals surface area contributed by atoms with Gasteiger partial charge in [0.05, 0.1) is 17.8 Å². The van der Waals surface area contributed by atoms with Crippen molar-refractivity contribution in [1.29, 1.82) is 0 Å². The summed E-state index contributed by atoms with van der Waals surface area (Å²) in [6, 6.07) is 13.4. The fourth-order valence-corrected chi connectivity index (χ4v) is 1.69. The highest BCUT2D eigenvalue weighted by Crippen LogP contribution is 2.28. The molecule has 2 N–H and O–H groups in total. The maximum atomic E-state index is 5.98. The Morgan fingerprint density at radius 2 is 1.81 bits per heavy atom. The van der Waals surface area contributed by atoms with Crippen LogP contribution in [0.1, 0.15) is 0 Å². The molecule has 0 atom stereocenters. The number of ether oxygens (including phenoxy) is 1. The van der Waals surface area contributed by atoms with Gasteiger partial charge in [-0.05, 0) is 35.4 Å². The van der Waals surface area contributed by atoms with Gasteiger partial charge in [-0.3, -0.25) is 0 Å². The molecule has 2 aromatic carbocycles. The van der Waals surface area contributed by atoms with Crippen molar-refractivity contribution in [2.24, 2.45) is 0 Å². The van der Waals surface area contributed by atoms with Crippen LogP contribution in [0.2, 0.25) is 5.02 Å². The normalized spacial score (nSPS) is 10.1. The molecule has 0 unspecified atom stereocenters. The molecule has 0 saturated carbocycles. The summed E-state index contributed by atoms with van der Waals surface area (Å²) in [5.41, 5.74) is 8.34. The molecule has 0 fully saturated rings. The summed E-state index contributed by atoms with van der Waals surface area (Å²) in [6.45, 7) is 0. The van der Waals surface area contributed by atoms with Crippen LogP contribution in [0, 0.1) is 0 Å². The largest absolute Gasteiger partial charge is 0.497 e. The summed E-state index contributed by atoms with van der Waals surface area (Å²) in [7, 11) is 1.65. The summed E-state index contributed by atoms with van der Waals surface area (Å²) >= 11 is 5.98. The van der Waals surface area contributed by atoms with Crippen LogP contribution in [0.25, 0.3) is 11.1 Å². The molecule has 0 saturated heterocycles. The van der Waals surface area contributed by atoms with Crippen LogP contribution in [-0.2, 0) is 0 Å². The molecule has 0 radical (unpaired) electrons. The highest BCUT2D eigenvalue weighted by atomic mass is 35.5. The number of hydrogen-bond donors (Lipinski definition) is 1. The van der Waals surface area contributed by atoms with Gasteiger partial charge in [-0.2, -0.15) is 0 Å². The molecule has 0 aromatic heterocycles. The molecule has 3 heteroatoms. The number of methoxy groups -OCH3 is 1. The highest BCUT2D eigenvalue weighted by molar-refractivity contribution is 6.33. The SMILES string of the molecule is COc1cccc(-c2ccc(N)c(Cl)c2)c1. The fourth-order valence-electron chi connectivity index (χ4n) is 1.51. The molecular weight excluding hydrogens is 222 g/mol. The van der Waals surface area contributed by atoms with Crippen LogP contribution >= 0.6 is 11.6 Å². The molecule has 0 bridgehead atoms. The van der Waals surface area contributed by atoms with E-state index >= 15 is 0 Å². The van der Waals surface area contributed by atoms with Crippen LogP contribution < -0.4 is 10.5 Å². The number of hydrogen-bond acceptors (Lipinski definition) is 2. The second-order valence-electron chi connectivity index (χ2n) is 3.47. The zero-order valence-electron chi connectivity index (χ0n) is 8.91. The fraction of sp³-hybridized carbons (Fsp3) is 0.0769. The maximum Gasteiger partial charge on any atom is 0.119 e. The number of anilines is 1. The summed E-state index contributed by atoms with van der Waals surface area (Å²) in [6.07, 6.45) is 0. The molecule has 2 rings (SSSR count). The van der Waals surface area contributed by atoms with Gasteiger partial charge in [-0.25, -0.2) is 0 Å². The van der Waals surface area contributed by atoms with Crippen molar-refractivity contribution in [3.8, 4) is 16.9 Å². The van der Waals surface area contributed by atoms with Crippen molar-refractivity contribution >= 4 is 17.3 Å².